The Balaban J connectivity index is 2.15. The van der Waals surface area contributed by atoms with E-state index < -0.39 is 0 Å². The van der Waals surface area contributed by atoms with Gasteiger partial charge in [0.25, 0.3) is 0 Å². The summed E-state index contributed by atoms with van der Waals surface area (Å²) in [5.41, 5.74) is 5.34. The summed E-state index contributed by atoms with van der Waals surface area (Å²) in [7, 11) is 0. The van der Waals surface area contributed by atoms with Gasteiger partial charge in [0.05, 0.1) is 22.4 Å². The topological polar surface area (TPSA) is 40.2 Å². The van der Waals surface area contributed by atoms with Crippen molar-refractivity contribution >= 4 is 17.0 Å². The highest BCUT2D eigenvalue weighted by atomic mass is 32.1. The molecule has 0 saturated carbocycles. The van der Waals surface area contributed by atoms with E-state index in [0.717, 1.165) is 62.3 Å². The lowest BCUT2D eigenvalue weighted by atomic mass is 9.90. The SMILES string of the molecule is C=C(NC(Cc1ccccc1)C(=C)NCCC)c1csc(C(C)CC(C(C)C)N(CCC)C(=C)C[C@@H](C)CC)n1. The summed E-state index contributed by atoms with van der Waals surface area (Å²) < 4.78 is 0. The van der Waals surface area contributed by atoms with Gasteiger partial charge in [-0.3, -0.25) is 0 Å². The first kappa shape index (κ1) is 33.7. The van der Waals surface area contributed by atoms with Crippen LogP contribution < -0.4 is 10.6 Å². The predicted molar refractivity (Wildman–Crippen MR) is 178 cm³/mol. The number of nitrogens with zero attached hydrogens (tertiary/aromatic N) is 2. The lowest BCUT2D eigenvalue weighted by molar-refractivity contribution is 0.172. The van der Waals surface area contributed by atoms with E-state index in [4.69, 9.17) is 4.98 Å². The number of hydrogen-bond acceptors (Lipinski definition) is 5. The first-order chi connectivity index (χ1) is 19.1. The third-order valence-corrected chi connectivity index (χ3v) is 8.90. The van der Waals surface area contributed by atoms with Crippen molar-refractivity contribution in [1.29, 1.82) is 0 Å². The number of aromatic nitrogens is 1. The maximum absolute atomic E-state index is 5.08. The van der Waals surface area contributed by atoms with Crippen molar-refractivity contribution in [2.75, 3.05) is 13.1 Å². The molecule has 0 aliphatic heterocycles. The van der Waals surface area contributed by atoms with Crippen LogP contribution in [0.4, 0.5) is 0 Å². The van der Waals surface area contributed by atoms with Gasteiger partial charge in [-0.2, -0.15) is 0 Å². The Morgan fingerprint density at radius 3 is 2.30 bits per heavy atom. The Bertz CT molecular complexity index is 1040. The van der Waals surface area contributed by atoms with E-state index >= 15 is 0 Å². The van der Waals surface area contributed by atoms with Crippen LogP contribution in [-0.4, -0.2) is 35.1 Å². The van der Waals surface area contributed by atoms with Crippen LogP contribution in [-0.2, 0) is 6.42 Å². The summed E-state index contributed by atoms with van der Waals surface area (Å²) in [6.07, 6.45) is 6.36. The molecule has 0 spiro atoms. The highest BCUT2D eigenvalue weighted by Gasteiger charge is 2.27. The van der Waals surface area contributed by atoms with Crippen molar-refractivity contribution in [3.8, 4) is 0 Å². The smallest absolute Gasteiger partial charge is 0.0967 e. The monoisotopic (exact) mass is 564 g/mol. The Morgan fingerprint density at radius 1 is 1.00 bits per heavy atom. The van der Waals surface area contributed by atoms with Gasteiger partial charge in [0, 0.05) is 41.8 Å². The molecule has 0 fully saturated rings. The molecule has 1 heterocycles. The van der Waals surface area contributed by atoms with Crippen LogP contribution in [0.15, 0.2) is 66.8 Å². The molecule has 0 bridgehead atoms. The van der Waals surface area contributed by atoms with E-state index in [9.17, 15) is 0 Å². The quantitative estimate of drug-likeness (QED) is 0.168. The molecule has 0 aliphatic rings. The van der Waals surface area contributed by atoms with Crippen LogP contribution in [0.25, 0.3) is 5.70 Å². The lowest BCUT2D eigenvalue weighted by Crippen LogP contribution is -2.40. The molecule has 2 rings (SSSR count). The highest BCUT2D eigenvalue weighted by molar-refractivity contribution is 7.09. The lowest BCUT2D eigenvalue weighted by Gasteiger charge is -2.39. The van der Waals surface area contributed by atoms with Gasteiger partial charge >= 0.3 is 0 Å². The minimum Gasteiger partial charge on any atom is -0.387 e. The molecule has 0 radical (unpaired) electrons. The van der Waals surface area contributed by atoms with Gasteiger partial charge in [0.2, 0.25) is 0 Å². The van der Waals surface area contributed by atoms with Crippen molar-refractivity contribution in [1.82, 2.24) is 20.5 Å². The summed E-state index contributed by atoms with van der Waals surface area (Å²) in [5, 5.41) is 10.5. The van der Waals surface area contributed by atoms with Crippen LogP contribution >= 0.6 is 11.3 Å². The summed E-state index contributed by atoms with van der Waals surface area (Å²) in [6.45, 7) is 31.3. The number of thiazole rings is 1. The second-order valence-electron chi connectivity index (χ2n) is 11.8. The maximum Gasteiger partial charge on any atom is 0.0967 e. The predicted octanol–water partition coefficient (Wildman–Crippen LogP) is 9.01. The second kappa shape index (κ2) is 17.3. The number of benzene rings is 1. The number of rotatable bonds is 20. The Kier molecular flexibility index (Phi) is 14.6. The molecule has 0 amide bonds. The zero-order valence-corrected chi connectivity index (χ0v) is 27.2. The minimum atomic E-state index is 0.0356. The Morgan fingerprint density at radius 2 is 1.70 bits per heavy atom. The zero-order valence-electron chi connectivity index (χ0n) is 26.4. The molecular formula is C35H56N4S. The first-order valence-corrected chi connectivity index (χ1v) is 16.3. The fraction of sp³-hybridized carbons (Fsp3) is 0.571. The summed E-state index contributed by atoms with van der Waals surface area (Å²) in [6, 6.07) is 11.0. The van der Waals surface area contributed by atoms with Gasteiger partial charge in [-0.15, -0.1) is 11.3 Å². The van der Waals surface area contributed by atoms with Crippen LogP contribution in [0.2, 0.25) is 0 Å². The highest BCUT2D eigenvalue weighted by Crippen LogP contribution is 2.32. The Labute approximate surface area is 250 Å². The van der Waals surface area contributed by atoms with Crippen LogP contribution in [0.5, 0.6) is 0 Å². The van der Waals surface area contributed by atoms with E-state index in [-0.39, 0.29) is 6.04 Å². The summed E-state index contributed by atoms with van der Waals surface area (Å²) in [4.78, 5) is 7.68. The fourth-order valence-electron chi connectivity index (χ4n) is 5.14. The molecular weight excluding hydrogens is 508 g/mol. The largest absolute Gasteiger partial charge is 0.387 e. The molecule has 4 nitrogen and oxygen atoms in total. The van der Waals surface area contributed by atoms with Crippen molar-refractivity contribution in [2.24, 2.45) is 11.8 Å². The van der Waals surface area contributed by atoms with Crippen LogP contribution in [0.1, 0.15) is 103 Å². The molecule has 40 heavy (non-hydrogen) atoms. The molecule has 2 N–H and O–H groups in total. The van der Waals surface area contributed by atoms with Gasteiger partial charge in [-0.1, -0.05) is 105 Å². The average Bonchev–Trinajstić information content (AvgIpc) is 3.44. The maximum atomic E-state index is 5.08. The molecule has 2 aromatic rings. The standard InChI is InChI=1S/C35H56N4S/c1-11-19-36-29(9)32(23-31-17-15-14-16-18-31)37-30(10)33-24-40-35(38-33)27(7)22-34(25(4)5)39(20-12-2)28(8)21-26(6)13-3/h14-18,24-27,32,34,36-37H,8-13,19-23H2,1-7H3/t26-,27?,32?,34?/m0/s1. The van der Waals surface area contributed by atoms with Crippen molar-refractivity contribution in [3.05, 3.63) is 83.1 Å². The Hall–Kier alpha value is -2.53. The fourth-order valence-corrected chi connectivity index (χ4v) is 6.05. The van der Waals surface area contributed by atoms with Crippen LogP contribution in [0, 0.1) is 11.8 Å². The molecule has 4 atom stereocenters. The first-order valence-electron chi connectivity index (χ1n) is 15.4. The molecule has 5 heteroatoms. The summed E-state index contributed by atoms with van der Waals surface area (Å²) in [5.74, 6) is 1.56. The zero-order chi connectivity index (χ0) is 29.7. The molecule has 0 saturated heterocycles. The molecule has 3 unspecified atom stereocenters. The van der Waals surface area contributed by atoms with Crippen LogP contribution in [0.3, 0.4) is 0 Å². The van der Waals surface area contributed by atoms with E-state index in [0.29, 0.717) is 23.8 Å². The molecule has 1 aromatic carbocycles. The van der Waals surface area contributed by atoms with Gasteiger partial charge in [0.1, 0.15) is 0 Å². The van der Waals surface area contributed by atoms with Gasteiger partial charge in [-0.05, 0) is 49.5 Å². The number of hydrogen-bond donors (Lipinski definition) is 2. The van der Waals surface area contributed by atoms with E-state index in [1.54, 1.807) is 11.3 Å². The third kappa shape index (κ3) is 10.5. The number of allylic oxidation sites excluding steroid dienone is 1. The number of nitrogens with one attached hydrogen (secondary N) is 2. The van der Waals surface area contributed by atoms with Gasteiger partial charge in [-0.25, -0.2) is 4.98 Å². The van der Waals surface area contributed by atoms with E-state index in [1.165, 1.54) is 22.7 Å². The normalized spacial score (nSPS) is 14.3. The van der Waals surface area contributed by atoms with Crippen molar-refractivity contribution in [3.63, 3.8) is 0 Å². The van der Waals surface area contributed by atoms with Gasteiger partial charge in [0.15, 0.2) is 0 Å². The minimum absolute atomic E-state index is 0.0356. The van der Waals surface area contributed by atoms with Gasteiger partial charge < -0.3 is 15.5 Å². The van der Waals surface area contributed by atoms with Crippen molar-refractivity contribution < 1.29 is 0 Å². The van der Waals surface area contributed by atoms with E-state index in [1.807, 2.05) is 0 Å². The van der Waals surface area contributed by atoms with E-state index in [2.05, 4.69) is 119 Å². The third-order valence-electron chi connectivity index (χ3n) is 7.82. The molecule has 1 aromatic heterocycles. The molecule has 222 valence electrons. The average molecular weight is 565 g/mol. The molecule has 0 aliphatic carbocycles. The second-order valence-corrected chi connectivity index (χ2v) is 12.7. The summed E-state index contributed by atoms with van der Waals surface area (Å²) >= 11 is 1.75. The van der Waals surface area contributed by atoms with Crippen molar-refractivity contribution in [2.45, 2.75) is 105 Å².